The number of hydrogen-bond acceptors (Lipinski definition) is 3. The van der Waals surface area contributed by atoms with Crippen molar-refractivity contribution in [3.05, 3.63) is 29.0 Å². The van der Waals surface area contributed by atoms with Gasteiger partial charge in [-0.2, -0.15) is 0 Å². The van der Waals surface area contributed by atoms with Crippen LogP contribution in [0.25, 0.3) is 0 Å². The summed E-state index contributed by atoms with van der Waals surface area (Å²) in [5, 5.41) is 3.22. The fraction of sp³-hybridized carbons (Fsp3) is 0.533. The van der Waals surface area contributed by atoms with Crippen LogP contribution in [-0.4, -0.2) is 28.4 Å². The summed E-state index contributed by atoms with van der Waals surface area (Å²) in [6, 6.07) is 3.03. The maximum Gasteiger partial charge on any atom is 0.324 e. The van der Waals surface area contributed by atoms with Crippen molar-refractivity contribution in [3.63, 3.8) is 0 Å². The number of nitrogens with zero attached hydrogens (tertiary/aromatic N) is 2. The highest BCUT2D eigenvalue weighted by Crippen LogP contribution is 2.27. The van der Waals surface area contributed by atoms with Gasteiger partial charge in [-0.25, -0.2) is 4.79 Å². The Labute approximate surface area is 129 Å². The van der Waals surface area contributed by atoms with Crippen molar-refractivity contribution in [3.8, 4) is 0 Å². The first kappa shape index (κ1) is 15.8. The van der Waals surface area contributed by atoms with Gasteiger partial charge in [0.1, 0.15) is 0 Å². The number of nitrogens with one attached hydrogen (secondary N) is 1. The van der Waals surface area contributed by atoms with Gasteiger partial charge in [-0.05, 0) is 24.0 Å². The molecule has 1 aliphatic heterocycles. The third-order valence-electron chi connectivity index (χ3n) is 3.36. The molecule has 3 amide bonds. The molecule has 1 aromatic heterocycles. The van der Waals surface area contributed by atoms with Gasteiger partial charge in [-0.1, -0.05) is 32.4 Å². The largest absolute Gasteiger partial charge is 0.337 e. The highest BCUT2D eigenvalue weighted by atomic mass is 35.5. The topological polar surface area (TPSA) is 62.3 Å². The first-order valence-electron chi connectivity index (χ1n) is 6.96. The first-order chi connectivity index (χ1) is 9.78. The third kappa shape index (κ3) is 3.94. The van der Waals surface area contributed by atoms with E-state index in [2.05, 4.69) is 31.1 Å². The van der Waals surface area contributed by atoms with Crippen LogP contribution in [0.4, 0.5) is 4.79 Å². The Morgan fingerprint density at radius 1 is 1.43 bits per heavy atom. The van der Waals surface area contributed by atoms with Crippen molar-refractivity contribution in [2.75, 3.05) is 6.54 Å². The number of imide groups is 1. The van der Waals surface area contributed by atoms with Gasteiger partial charge < -0.3 is 5.32 Å². The summed E-state index contributed by atoms with van der Waals surface area (Å²) in [7, 11) is 0. The summed E-state index contributed by atoms with van der Waals surface area (Å²) in [6.45, 7) is 6.73. The molecule has 1 N–H and O–H groups in total. The Morgan fingerprint density at radius 3 is 2.76 bits per heavy atom. The zero-order chi connectivity index (χ0) is 15.6. The summed E-state index contributed by atoms with van der Waals surface area (Å²) in [5.41, 5.74) is 0.551. The highest BCUT2D eigenvalue weighted by Gasteiger charge is 2.36. The van der Waals surface area contributed by atoms with E-state index in [1.165, 1.54) is 4.90 Å². The van der Waals surface area contributed by atoms with Crippen molar-refractivity contribution < 1.29 is 9.59 Å². The second-order valence-corrected chi connectivity index (χ2v) is 6.91. The molecule has 114 valence electrons. The molecular formula is C15H20ClN3O2. The van der Waals surface area contributed by atoms with E-state index in [0.29, 0.717) is 17.3 Å². The normalized spacial score (nSPS) is 19.6. The molecule has 0 spiro atoms. The van der Waals surface area contributed by atoms with Crippen LogP contribution >= 0.6 is 11.6 Å². The molecule has 2 heterocycles. The van der Waals surface area contributed by atoms with Crippen LogP contribution in [0.2, 0.25) is 5.02 Å². The van der Waals surface area contributed by atoms with Gasteiger partial charge in [0.2, 0.25) is 5.91 Å². The molecule has 1 fully saturated rings. The van der Waals surface area contributed by atoms with Crippen LogP contribution in [0.3, 0.4) is 0 Å². The van der Waals surface area contributed by atoms with E-state index in [4.69, 9.17) is 11.6 Å². The minimum Gasteiger partial charge on any atom is -0.337 e. The minimum atomic E-state index is -0.383. The van der Waals surface area contributed by atoms with Crippen molar-refractivity contribution in [1.82, 2.24) is 15.2 Å². The van der Waals surface area contributed by atoms with Gasteiger partial charge in [-0.3, -0.25) is 14.7 Å². The lowest BCUT2D eigenvalue weighted by atomic mass is 9.83. The molecule has 0 saturated carbocycles. The molecule has 5 nitrogen and oxygen atoms in total. The van der Waals surface area contributed by atoms with E-state index in [0.717, 1.165) is 6.42 Å². The standard InChI is InChI=1S/C15H20ClN3O2/c1-15(2,3)7-10-8-18-14(21)19(13(10)20)9-12-11(16)5-4-6-17-12/h4-6,10H,7-9H2,1-3H3,(H,18,21). The summed E-state index contributed by atoms with van der Waals surface area (Å²) >= 11 is 6.05. The second-order valence-electron chi connectivity index (χ2n) is 6.50. The monoisotopic (exact) mass is 309 g/mol. The fourth-order valence-electron chi connectivity index (χ4n) is 2.45. The van der Waals surface area contributed by atoms with Crippen LogP contribution in [0.1, 0.15) is 32.9 Å². The van der Waals surface area contributed by atoms with Crippen LogP contribution in [0.5, 0.6) is 0 Å². The molecule has 1 atom stereocenters. The molecule has 0 radical (unpaired) electrons. The van der Waals surface area contributed by atoms with E-state index in [9.17, 15) is 9.59 Å². The van der Waals surface area contributed by atoms with E-state index >= 15 is 0 Å². The molecule has 1 saturated heterocycles. The van der Waals surface area contributed by atoms with Crippen molar-refractivity contribution >= 4 is 23.5 Å². The lowest BCUT2D eigenvalue weighted by Gasteiger charge is -2.34. The molecule has 21 heavy (non-hydrogen) atoms. The molecule has 1 unspecified atom stereocenters. The van der Waals surface area contributed by atoms with Crippen LogP contribution in [0.15, 0.2) is 18.3 Å². The smallest absolute Gasteiger partial charge is 0.324 e. The van der Waals surface area contributed by atoms with E-state index in [1.807, 2.05) is 0 Å². The zero-order valence-electron chi connectivity index (χ0n) is 12.5. The Bertz CT molecular complexity index is 554. The summed E-state index contributed by atoms with van der Waals surface area (Å²) < 4.78 is 0. The van der Waals surface area contributed by atoms with Gasteiger partial charge >= 0.3 is 6.03 Å². The quantitative estimate of drug-likeness (QED) is 0.934. The number of urea groups is 1. The molecule has 2 rings (SSSR count). The highest BCUT2D eigenvalue weighted by molar-refractivity contribution is 6.31. The molecular weight excluding hydrogens is 290 g/mol. The maximum atomic E-state index is 12.5. The van der Waals surface area contributed by atoms with Crippen LogP contribution < -0.4 is 5.32 Å². The number of pyridine rings is 1. The Morgan fingerprint density at radius 2 is 2.14 bits per heavy atom. The summed E-state index contributed by atoms with van der Waals surface area (Å²) in [6.07, 6.45) is 2.32. The van der Waals surface area contributed by atoms with Crippen LogP contribution in [-0.2, 0) is 11.3 Å². The first-order valence-corrected chi connectivity index (χ1v) is 7.34. The van der Waals surface area contributed by atoms with E-state index < -0.39 is 0 Å². The molecule has 1 aromatic rings. The Hall–Kier alpha value is -1.62. The number of rotatable bonds is 3. The number of amides is 3. The third-order valence-corrected chi connectivity index (χ3v) is 3.71. The van der Waals surface area contributed by atoms with Gasteiger partial charge in [0, 0.05) is 12.7 Å². The van der Waals surface area contributed by atoms with E-state index in [-0.39, 0.29) is 29.8 Å². The molecule has 1 aliphatic rings. The number of carbonyl (C=O) groups excluding carboxylic acids is 2. The number of aromatic nitrogens is 1. The van der Waals surface area contributed by atoms with Crippen molar-refractivity contribution in [1.29, 1.82) is 0 Å². The Balaban J connectivity index is 2.15. The lowest BCUT2D eigenvalue weighted by molar-refractivity contribution is -0.135. The predicted molar refractivity (Wildman–Crippen MR) is 80.8 cm³/mol. The van der Waals surface area contributed by atoms with Gasteiger partial charge in [0.15, 0.2) is 0 Å². The molecule has 0 bridgehead atoms. The zero-order valence-corrected chi connectivity index (χ0v) is 13.3. The van der Waals surface area contributed by atoms with Crippen molar-refractivity contribution in [2.45, 2.75) is 33.7 Å². The van der Waals surface area contributed by atoms with Gasteiger partial charge in [0.25, 0.3) is 0 Å². The van der Waals surface area contributed by atoms with E-state index in [1.54, 1.807) is 18.3 Å². The summed E-state index contributed by atoms with van der Waals surface area (Å²) in [5.74, 6) is -0.361. The molecule has 0 aliphatic carbocycles. The predicted octanol–water partition coefficient (Wildman–Crippen LogP) is 2.84. The van der Waals surface area contributed by atoms with Crippen LogP contribution in [0, 0.1) is 11.3 Å². The summed E-state index contributed by atoms with van der Waals surface area (Å²) in [4.78, 5) is 29.8. The minimum absolute atomic E-state index is 0.0245. The SMILES string of the molecule is CC(C)(C)CC1CNC(=O)N(Cc2ncccc2Cl)C1=O. The molecule has 6 heteroatoms. The number of halogens is 1. The average Bonchev–Trinajstić information content (AvgIpc) is 2.39. The fourth-order valence-corrected chi connectivity index (χ4v) is 2.63. The lowest BCUT2D eigenvalue weighted by Crippen LogP contribution is -2.55. The number of hydrogen-bond donors (Lipinski definition) is 1. The van der Waals surface area contributed by atoms with Gasteiger partial charge in [0.05, 0.1) is 23.2 Å². The maximum absolute atomic E-state index is 12.5. The number of carbonyl (C=O) groups is 2. The van der Waals surface area contributed by atoms with Crippen molar-refractivity contribution in [2.24, 2.45) is 11.3 Å². The van der Waals surface area contributed by atoms with Gasteiger partial charge in [-0.15, -0.1) is 0 Å². The Kier molecular flexibility index (Phi) is 4.52. The average molecular weight is 310 g/mol. The second kappa shape index (κ2) is 6.02. The molecule has 0 aromatic carbocycles.